The van der Waals surface area contributed by atoms with E-state index in [1.54, 1.807) is 6.33 Å². The molecule has 1 N–H and O–H groups in total. The summed E-state index contributed by atoms with van der Waals surface area (Å²) in [6.45, 7) is 3.80. The molecule has 2 saturated heterocycles. The number of hydrogen-bond acceptors (Lipinski definition) is 7. The molecule has 4 heterocycles. The van der Waals surface area contributed by atoms with Gasteiger partial charge in [0.25, 0.3) is 0 Å². The maximum absolute atomic E-state index is 6.32. The van der Waals surface area contributed by atoms with Crippen LogP contribution in [-0.4, -0.2) is 55.5 Å². The molecule has 0 unspecified atom stereocenters. The summed E-state index contributed by atoms with van der Waals surface area (Å²) in [6.07, 6.45) is 5.55. The molecule has 2 aromatic heterocycles. The molecule has 7 atom stereocenters. The smallest absolute Gasteiger partial charge is 0.226 e. The zero-order chi connectivity index (χ0) is 20.6. The Labute approximate surface area is 184 Å². The summed E-state index contributed by atoms with van der Waals surface area (Å²) in [6, 6.07) is 0.420. The number of halogens is 2. The van der Waals surface area contributed by atoms with E-state index in [-0.39, 0.29) is 23.6 Å². The topological polar surface area (TPSA) is 83.3 Å². The van der Waals surface area contributed by atoms with E-state index in [2.05, 4.69) is 20.3 Å². The average Bonchev–Trinajstić information content (AvgIpc) is 3.47. The summed E-state index contributed by atoms with van der Waals surface area (Å²) in [5.41, 5.74) is 1.31. The van der Waals surface area contributed by atoms with Gasteiger partial charge in [-0.3, -0.25) is 4.57 Å². The van der Waals surface area contributed by atoms with E-state index < -0.39 is 12.0 Å². The molecule has 0 spiro atoms. The van der Waals surface area contributed by atoms with Gasteiger partial charge in [-0.1, -0.05) is 6.42 Å². The van der Waals surface area contributed by atoms with Crippen molar-refractivity contribution < 1.29 is 14.2 Å². The fraction of sp³-hybridized carbons (Fsp3) is 0.750. The van der Waals surface area contributed by atoms with Gasteiger partial charge in [0.1, 0.15) is 18.3 Å². The van der Waals surface area contributed by atoms with E-state index in [4.69, 9.17) is 37.4 Å². The highest BCUT2D eigenvalue weighted by Gasteiger charge is 2.56. The predicted molar refractivity (Wildman–Crippen MR) is 112 cm³/mol. The minimum absolute atomic E-state index is 0.183. The minimum Gasteiger partial charge on any atom is -0.365 e. The van der Waals surface area contributed by atoms with Crippen molar-refractivity contribution in [2.75, 3.05) is 11.2 Å². The number of hydrogen-bond donors (Lipinski definition) is 1. The lowest BCUT2D eigenvalue weighted by molar-refractivity contribution is -0.193. The minimum atomic E-state index is -0.695. The van der Waals surface area contributed by atoms with Crippen molar-refractivity contribution in [1.29, 1.82) is 0 Å². The zero-order valence-electron chi connectivity index (χ0n) is 16.9. The molecule has 2 aliphatic heterocycles. The van der Waals surface area contributed by atoms with Crippen LogP contribution in [0.4, 0.5) is 5.82 Å². The molecule has 2 aromatic rings. The zero-order valence-corrected chi connectivity index (χ0v) is 18.4. The Morgan fingerprint density at radius 2 is 2.03 bits per heavy atom. The van der Waals surface area contributed by atoms with E-state index in [9.17, 15) is 0 Å². The van der Waals surface area contributed by atoms with Crippen molar-refractivity contribution in [1.82, 2.24) is 19.5 Å². The summed E-state index contributed by atoms with van der Waals surface area (Å²) in [5, 5.41) is 3.79. The molecule has 6 rings (SSSR count). The van der Waals surface area contributed by atoms with E-state index in [1.807, 2.05) is 18.4 Å². The van der Waals surface area contributed by atoms with Crippen molar-refractivity contribution in [3.8, 4) is 0 Å². The molecule has 0 amide bonds. The van der Waals surface area contributed by atoms with Gasteiger partial charge in [0, 0.05) is 6.04 Å². The maximum Gasteiger partial charge on any atom is 0.226 e. The first kappa shape index (κ1) is 19.5. The highest BCUT2D eigenvalue weighted by Crippen LogP contribution is 2.46. The molecule has 30 heavy (non-hydrogen) atoms. The third-order valence-corrected chi connectivity index (χ3v) is 7.48. The first-order chi connectivity index (χ1) is 14.4. The highest BCUT2D eigenvalue weighted by atomic mass is 35.5. The molecule has 2 saturated carbocycles. The van der Waals surface area contributed by atoms with Crippen molar-refractivity contribution in [3.05, 3.63) is 11.6 Å². The standard InChI is InChI=1S/C20H25Cl2N5O3/c1-20(2)29-14-12(7-21)28-18(15(14)30-20)27-8-23-13-16(25-19(22)26-17(13)27)24-11-6-9-3-4-10(11)5-9/h8-12,14-15,18H,3-7H2,1-2H3,(H,24,25,26)/t9-,10+,11-,12+,14+,15+,18+/m0/s1. The van der Waals surface area contributed by atoms with Crippen LogP contribution in [0.15, 0.2) is 6.33 Å². The Hall–Kier alpha value is -1.19. The maximum atomic E-state index is 6.32. The number of rotatable bonds is 4. The predicted octanol–water partition coefficient (Wildman–Crippen LogP) is 3.74. The molecule has 8 nitrogen and oxygen atoms in total. The summed E-state index contributed by atoms with van der Waals surface area (Å²) >= 11 is 12.5. The quantitative estimate of drug-likeness (QED) is 0.557. The first-order valence-electron chi connectivity index (χ1n) is 10.7. The molecule has 4 aliphatic rings. The lowest BCUT2D eigenvalue weighted by atomic mass is 9.95. The number of fused-ring (bicyclic) bond motifs is 4. The Morgan fingerprint density at radius 1 is 1.20 bits per heavy atom. The molecule has 2 bridgehead atoms. The van der Waals surface area contributed by atoms with Crippen molar-refractivity contribution in [2.45, 2.75) is 75.9 Å². The Balaban J connectivity index is 1.35. The number of nitrogens with one attached hydrogen (secondary N) is 1. The largest absolute Gasteiger partial charge is 0.365 e. The van der Waals surface area contributed by atoms with Crippen LogP contribution in [0.1, 0.15) is 45.8 Å². The van der Waals surface area contributed by atoms with Crippen LogP contribution < -0.4 is 5.32 Å². The number of alkyl halides is 1. The number of anilines is 1. The molecule has 0 radical (unpaired) electrons. The highest BCUT2D eigenvalue weighted by molar-refractivity contribution is 6.28. The molecular weight excluding hydrogens is 429 g/mol. The van der Waals surface area contributed by atoms with Gasteiger partial charge >= 0.3 is 0 Å². The van der Waals surface area contributed by atoms with Gasteiger partial charge in [-0.25, -0.2) is 4.98 Å². The third kappa shape index (κ3) is 3.03. The van der Waals surface area contributed by atoms with Crippen LogP contribution >= 0.6 is 23.2 Å². The van der Waals surface area contributed by atoms with Gasteiger partial charge in [0.2, 0.25) is 5.28 Å². The summed E-state index contributed by atoms with van der Waals surface area (Å²) in [7, 11) is 0. The lowest BCUT2D eigenvalue weighted by Gasteiger charge is -2.24. The van der Waals surface area contributed by atoms with Gasteiger partial charge in [0.05, 0.1) is 12.2 Å². The molecule has 0 aromatic carbocycles. The van der Waals surface area contributed by atoms with Crippen LogP contribution in [0.2, 0.25) is 5.28 Å². The first-order valence-corrected chi connectivity index (χ1v) is 11.6. The van der Waals surface area contributed by atoms with Crippen LogP contribution in [0.5, 0.6) is 0 Å². The monoisotopic (exact) mass is 453 g/mol. The average molecular weight is 454 g/mol. The summed E-state index contributed by atoms with van der Waals surface area (Å²) in [4.78, 5) is 13.5. The summed E-state index contributed by atoms with van der Waals surface area (Å²) < 4.78 is 20.2. The Morgan fingerprint density at radius 3 is 2.77 bits per heavy atom. The molecule has 162 valence electrons. The molecule has 10 heteroatoms. The second kappa shape index (κ2) is 6.90. The Kier molecular flexibility index (Phi) is 4.49. The van der Waals surface area contributed by atoms with Gasteiger partial charge in [-0.2, -0.15) is 9.97 Å². The molecular formula is C20H25Cl2N5O3. The Bertz CT molecular complexity index is 985. The van der Waals surface area contributed by atoms with Crippen molar-refractivity contribution >= 4 is 40.2 Å². The van der Waals surface area contributed by atoms with Gasteiger partial charge < -0.3 is 19.5 Å². The lowest BCUT2D eigenvalue weighted by Crippen LogP contribution is -2.30. The van der Waals surface area contributed by atoms with Gasteiger partial charge in [-0.05, 0) is 56.5 Å². The number of imidazole rings is 1. The summed E-state index contributed by atoms with van der Waals surface area (Å²) in [5.74, 6) is 1.84. The SMILES string of the molecule is CC1(C)O[C@@H]2[C@H](O1)[C@@H](CCl)O[C@H]2n1cnc2c(N[C@H]3C[C@H]4CC[C@@H]3C4)nc(Cl)nc21. The number of ether oxygens (including phenoxy) is 3. The van der Waals surface area contributed by atoms with Gasteiger partial charge in [0.15, 0.2) is 29.0 Å². The second-order valence-electron chi connectivity index (χ2n) is 9.38. The van der Waals surface area contributed by atoms with E-state index >= 15 is 0 Å². The third-order valence-electron chi connectivity index (χ3n) is 7.01. The molecule has 4 fully saturated rings. The van der Waals surface area contributed by atoms with Crippen LogP contribution in [-0.2, 0) is 14.2 Å². The number of aromatic nitrogens is 4. The van der Waals surface area contributed by atoms with E-state index in [0.717, 1.165) is 5.92 Å². The van der Waals surface area contributed by atoms with E-state index in [0.29, 0.717) is 34.8 Å². The second-order valence-corrected chi connectivity index (χ2v) is 10.0. The fourth-order valence-corrected chi connectivity index (χ4v) is 6.19. The van der Waals surface area contributed by atoms with Crippen LogP contribution in [0.25, 0.3) is 11.2 Å². The van der Waals surface area contributed by atoms with Crippen molar-refractivity contribution in [3.63, 3.8) is 0 Å². The van der Waals surface area contributed by atoms with Gasteiger partial charge in [-0.15, -0.1) is 11.6 Å². The number of nitrogens with zero attached hydrogens (tertiary/aromatic N) is 4. The molecule has 2 aliphatic carbocycles. The normalized spacial score (nSPS) is 39.1. The van der Waals surface area contributed by atoms with Crippen LogP contribution in [0, 0.1) is 11.8 Å². The van der Waals surface area contributed by atoms with E-state index in [1.165, 1.54) is 25.7 Å². The van der Waals surface area contributed by atoms with Crippen LogP contribution in [0.3, 0.4) is 0 Å². The van der Waals surface area contributed by atoms with Crippen molar-refractivity contribution in [2.24, 2.45) is 11.8 Å². The fourth-order valence-electron chi connectivity index (χ4n) is 5.78.